The van der Waals surface area contributed by atoms with Gasteiger partial charge in [0.1, 0.15) is 0 Å². The van der Waals surface area contributed by atoms with Crippen LogP contribution >= 0.6 is 0 Å². The molecule has 10 aliphatic rings. The number of nitriles is 1. The van der Waals surface area contributed by atoms with Gasteiger partial charge in [-0.25, -0.2) is 0 Å². The van der Waals surface area contributed by atoms with Gasteiger partial charge >= 0.3 is 0 Å². The van der Waals surface area contributed by atoms with Gasteiger partial charge in [0, 0.05) is 5.92 Å². The summed E-state index contributed by atoms with van der Waals surface area (Å²) in [6.07, 6.45) is 36.6. The molecule has 8 fully saturated rings. The van der Waals surface area contributed by atoms with Crippen LogP contribution in [0.2, 0.25) is 0 Å². The molecule has 10 rings (SSSR count). The first kappa shape index (κ1) is 59.2. The van der Waals surface area contributed by atoms with Gasteiger partial charge in [-0.2, -0.15) is 5.26 Å². The number of rotatable bonds is 3. The van der Waals surface area contributed by atoms with E-state index in [4.69, 9.17) is 0 Å². The molecule has 2 nitrogen and oxygen atoms in total. The van der Waals surface area contributed by atoms with E-state index in [0.717, 1.165) is 52.2 Å². The van der Waals surface area contributed by atoms with E-state index in [2.05, 4.69) is 126 Å². The Bertz CT molecular complexity index is 2070. The van der Waals surface area contributed by atoms with Crippen LogP contribution in [0.5, 0.6) is 0 Å². The van der Waals surface area contributed by atoms with Crippen molar-refractivity contribution in [3.05, 3.63) is 85.6 Å². The third-order valence-electron chi connectivity index (χ3n) is 24.4. The number of Topliss-reactive ketones (excluding diaryl/α,β-unsaturated/α-hetero) is 1. The number of nitrogens with zero attached hydrogens (tertiary/aromatic N) is 1. The molecule has 0 aromatic carbocycles. The Balaban J connectivity index is 0.000000224. The highest BCUT2D eigenvalue weighted by Crippen LogP contribution is 2.77. The topological polar surface area (TPSA) is 40.9 Å². The quantitative estimate of drug-likeness (QED) is 0.265. The molecule has 0 aromatic heterocycles. The third-order valence-corrected chi connectivity index (χ3v) is 24.4. The van der Waals surface area contributed by atoms with Crippen molar-refractivity contribution in [1.82, 2.24) is 0 Å². The second kappa shape index (κ2) is 22.3. The summed E-state index contributed by atoms with van der Waals surface area (Å²) >= 11 is 0. The molecule has 2 heteroatoms. The molecule has 0 spiro atoms. The highest BCUT2D eigenvalue weighted by atomic mass is 16.1. The van der Waals surface area contributed by atoms with Crippen molar-refractivity contribution in [3.8, 4) is 6.07 Å². The summed E-state index contributed by atoms with van der Waals surface area (Å²) in [4.78, 5) is 12.8. The number of ketones is 1. The van der Waals surface area contributed by atoms with Crippen LogP contribution in [0.15, 0.2) is 85.6 Å². The Hall–Kier alpha value is -2.66. The summed E-state index contributed by atoms with van der Waals surface area (Å²) in [5.74, 6) is 7.57. The van der Waals surface area contributed by atoms with Crippen LogP contribution < -0.4 is 0 Å². The van der Waals surface area contributed by atoms with E-state index >= 15 is 0 Å². The van der Waals surface area contributed by atoms with Gasteiger partial charge in [0.15, 0.2) is 5.78 Å². The molecule has 0 radical (unpaired) electrons. The zero-order chi connectivity index (χ0) is 53.3. The fourth-order valence-electron chi connectivity index (χ4n) is 21.2. The average molecular weight is 971 g/mol. The SMILES string of the molecule is C=C(CC)C12CCCC1C1CCC3C4(C)C=C(C)C(=O)C(C)C4CCC3(C)C1CC2.C=CC.C=CC.C=CC12CCCC1C1CCC3C4(C)C=C(C#N)C(=C)C(C)(C)C4CCC3(C)[C@]1(C)CC2.CC.CC. The largest absolute Gasteiger partial charge is 0.294 e. The van der Waals surface area contributed by atoms with Crippen LogP contribution in [-0.2, 0) is 4.79 Å². The van der Waals surface area contributed by atoms with E-state index in [9.17, 15) is 10.1 Å². The van der Waals surface area contributed by atoms with Gasteiger partial charge in [0.2, 0.25) is 0 Å². The fraction of sp³-hybridized carbons (Fsp3) is 0.768. The number of allylic oxidation sites excluding steroid dienone is 9. The second-order valence-electron chi connectivity index (χ2n) is 26.7. The summed E-state index contributed by atoms with van der Waals surface area (Å²) in [6, 6.07) is 2.53. The van der Waals surface area contributed by atoms with Gasteiger partial charge in [0.25, 0.3) is 0 Å². The fourth-order valence-corrected chi connectivity index (χ4v) is 21.2. The monoisotopic (exact) mass is 970 g/mol. The van der Waals surface area contributed by atoms with Gasteiger partial charge in [-0.3, -0.25) is 4.79 Å². The Morgan fingerprint density at radius 3 is 1.86 bits per heavy atom. The first-order valence-electron chi connectivity index (χ1n) is 30.0. The molecule has 0 bridgehead atoms. The summed E-state index contributed by atoms with van der Waals surface area (Å²) in [7, 11) is 0. The van der Waals surface area contributed by atoms with Crippen molar-refractivity contribution in [2.45, 2.75) is 233 Å². The third kappa shape index (κ3) is 9.04. The molecule has 16 unspecified atom stereocenters. The lowest BCUT2D eigenvalue weighted by Crippen LogP contribution is -2.64. The maximum absolute atomic E-state index is 12.8. The van der Waals surface area contributed by atoms with Gasteiger partial charge in [-0.1, -0.05) is 152 Å². The van der Waals surface area contributed by atoms with Crippen molar-refractivity contribution in [2.75, 3.05) is 0 Å². The molecule has 0 aliphatic heterocycles. The van der Waals surface area contributed by atoms with E-state index in [0.29, 0.717) is 50.6 Å². The molecule has 10 aliphatic carbocycles. The highest BCUT2D eigenvalue weighted by Gasteiger charge is 2.70. The molecule has 0 heterocycles. The van der Waals surface area contributed by atoms with Crippen molar-refractivity contribution < 1.29 is 4.79 Å². The Morgan fingerprint density at radius 2 is 1.25 bits per heavy atom. The van der Waals surface area contributed by atoms with Crippen LogP contribution in [-0.4, -0.2) is 5.78 Å². The first-order valence-corrected chi connectivity index (χ1v) is 30.0. The normalized spacial score (nSPS) is 45.7. The maximum Gasteiger partial charge on any atom is 0.161 e. The van der Waals surface area contributed by atoms with E-state index in [1.165, 1.54) is 122 Å². The van der Waals surface area contributed by atoms with Crippen molar-refractivity contribution in [1.29, 1.82) is 5.26 Å². The average Bonchev–Trinajstić information content (AvgIpc) is 4.00. The van der Waals surface area contributed by atoms with Crippen LogP contribution in [0.1, 0.15) is 233 Å². The van der Waals surface area contributed by atoms with Gasteiger partial charge in [-0.15, -0.1) is 19.7 Å². The molecular weight excluding hydrogens is 859 g/mol. The lowest BCUT2D eigenvalue weighted by molar-refractivity contribution is -0.209. The molecule has 8 saturated carbocycles. The zero-order valence-corrected chi connectivity index (χ0v) is 49.5. The van der Waals surface area contributed by atoms with E-state index < -0.39 is 0 Å². The number of carbonyl (C=O) groups excluding carboxylic acids is 1. The first-order chi connectivity index (χ1) is 33.5. The lowest BCUT2D eigenvalue weighted by Gasteiger charge is -2.71. The van der Waals surface area contributed by atoms with E-state index in [1.807, 2.05) is 41.5 Å². The van der Waals surface area contributed by atoms with Crippen LogP contribution in [0, 0.1) is 114 Å². The Labute approximate surface area is 440 Å². The van der Waals surface area contributed by atoms with Gasteiger partial charge < -0.3 is 0 Å². The molecule has 0 saturated heterocycles. The summed E-state index contributed by atoms with van der Waals surface area (Å²) in [6.45, 7) is 56.3. The molecule has 17 atom stereocenters. The zero-order valence-electron chi connectivity index (χ0n) is 49.5. The van der Waals surface area contributed by atoms with E-state index in [1.54, 1.807) is 17.7 Å². The predicted molar refractivity (Wildman–Crippen MR) is 309 cm³/mol. The van der Waals surface area contributed by atoms with E-state index in [-0.39, 0.29) is 22.2 Å². The minimum Gasteiger partial charge on any atom is -0.294 e. The van der Waals surface area contributed by atoms with Crippen LogP contribution in [0.4, 0.5) is 0 Å². The molecule has 0 aromatic rings. The number of carbonyl (C=O) groups is 1. The summed E-state index contributed by atoms with van der Waals surface area (Å²) < 4.78 is 0. The van der Waals surface area contributed by atoms with Crippen LogP contribution in [0.3, 0.4) is 0 Å². The van der Waals surface area contributed by atoms with Crippen molar-refractivity contribution >= 4 is 5.78 Å². The van der Waals surface area contributed by atoms with Crippen LogP contribution in [0.25, 0.3) is 0 Å². The lowest BCUT2D eigenvalue weighted by atomic mass is 9.33. The Kier molecular flexibility index (Phi) is 18.6. The van der Waals surface area contributed by atoms with Crippen molar-refractivity contribution in [3.63, 3.8) is 0 Å². The minimum atomic E-state index is 0.00363. The van der Waals surface area contributed by atoms with Crippen molar-refractivity contribution in [2.24, 2.45) is 102 Å². The second-order valence-corrected chi connectivity index (χ2v) is 26.7. The molecule has 0 N–H and O–H groups in total. The summed E-state index contributed by atoms with van der Waals surface area (Å²) in [5, 5.41) is 9.97. The minimum absolute atomic E-state index is 0.00363. The molecule has 398 valence electrons. The summed E-state index contributed by atoms with van der Waals surface area (Å²) in [5.41, 5.74) is 6.98. The highest BCUT2D eigenvalue weighted by molar-refractivity contribution is 5.97. The molecular formula is C69H111NO. The molecule has 0 amide bonds. The Morgan fingerprint density at radius 1 is 0.662 bits per heavy atom. The van der Waals surface area contributed by atoms with Gasteiger partial charge in [-0.05, 0) is 238 Å². The number of hydrogen-bond donors (Lipinski definition) is 0. The number of fused-ring (bicyclic) bond motifs is 14. The molecule has 71 heavy (non-hydrogen) atoms. The van der Waals surface area contributed by atoms with Gasteiger partial charge in [0.05, 0.1) is 11.6 Å². The maximum atomic E-state index is 12.8. The number of hydrogen-bond acceptors (Lipinski definition) is 2. The predicted octanol–water partition coefficient (Wildman–Crippen LogP) is 20.5. The smallest absolute Gasteiger partial charge is 0.161 e. The standard InChI is InChI=1S/C30H43N.C29H44O.2C3H6.2C2H6/c1-8-30-14-9-10-23(30)22-11-12-25-27(5)18-21(19-31)20(2)26(3,4)24(27)13-15-29(25,7)28(22,6)16-17-30;1-7-19(3)29-14-8-9-24(29)21-10-11-25-27(5,23(21)13-16-29)15-12-22-20(4)26(30)18(2)17-28(22,25)6;2*1-3-2;2*1-2/h8,18,22-25H,1-2,9-17H2,3-7H3;17,20-25H,3,7-16H2,1-2,4-6H3;2*3H,1H2,2H3;2*1-2H3/t22?,23?,24?,25?,27?,28-,29?,30?;;;;;/m1...../s1.